The van der Waals surface area contributed by atoms with Gasteiger partial charge in [-0.05, 0) is 81.3 Å². The van der Waals surface area contributed by atoms with Crippen LogP contribution in [0.1, 0.15) is 101 Å². The SMILES string of the molecule is CC[C@H]1OC(=O)[C@H](C)[C@@H](O[C@H]2C[C@@](C)(OC)[C@@H](O)[C@H](C)O2)[C@H](C)[C@@H](OC2O[C@H](C)C[C@H](N(C)C)[C@H]2O)[C@@](C)(O)C[C@@H](C)C(=NO)C(C)C[C@]1(C)O. The zero-order chi connectivity index (χ0) is 38.8. The number of likely N-dealkylation sites (N-methyl/N-ethyl adjacent to an activating group) is 1. The molecule has 3 aliphatic heterocycles. The fourth-order valence-electron chi connectivity index (χ4n) is 8.69. The summed E-state index contributed by atoms with van der Waals surface area (Å²) in [7, 11) is 5.25. The number of hydrogen-bond acceptors (Lipinski definition) is 14. The first-order chi connectivity index (χ1) is 23.5. The van der Waals surface area contributed by atoms with Crippen LogP contribution in [-0.2, 0) is 33.2 Å². The van der Waals surface area contributed by atoms with Gasteiger partial charge in [-0.2, -0.15) is 0 Å². The van der Waals surface area contributed by atoms with E-state index in [0.29, 0.717) is 18.6 Å². The normalized spacial score (nSPS) is 49.1. The summed E-state index contributed by atoms with van der Waals surface area (Å²) in [6, 6.07) is -0.291. The molecule has 0 aromatic heterocycles. The zero-order valence-electron chi connectivity index (χ0n) is 33.1. The van der Waals surface area contributed by atoms with Gasteiger partial charge in [-0.25, -0.2) is 0 Å². The van der Waals surface area contributed by atoms with Crippen LogP contribution in [-0.4, -0.2) is 142 Å². The molecule has 3 aliphatic rings. The Hall–Kier alpha value is -1.46. The summed E-state index contributed by atoms with van der Waals surface area (Å²) < 4.78 is 37.4. The lowest BCUT2D eigenvalue weighted by Crippen LogP contribution is -2.60. The summed E-state index contributed by atoms with van der Waals surface area (Å²) in [6.45, 7) is 17.5. The Bertz CT molecular complexity index is 1170. The van der Waals surface area contributed by atoms with E-state index < -0.39 is 95.6 Å². The standard InChI is InChI=1S/C37H68N2O12/c1-14-26-35(8,43)16-19(2)28(38-45)20(3)17-36(9,44)32(51-34-29(40)25(39(11)12)15-21(4)47-34)22(5)30(23(6)33(42)49-26)50-27-18-37(10,46-13)31(41)24(7)48-27/h19-27,29-32,34,40-41,43-45H,14-18H2,1-13H3/t19?,20-,21-,22+,23-,24+,25+,26-,27+,29-,30+,31+,32-,34?,35+,36+,37-/m1/s1. The van der Waals surface area contributed by atoms with E-state index in [1.165, 1.54) is 7.11 Å². The predicted octanol–water partition coefficient (Wildman–Crippen LogP) is 3.08. The first-order valence-electron chi connectivity index (χ1n) is 18.6. The fraction of sp³-hybridized carbons (Fsp3) is 0.946. The van der Waals surface area contributed by atoms with E-state index in [2.05, 4.69) is 5.16 Å². The molecule has 0 aromatic carbocycles. The number of nitrogens with zero attached hydrogens (tertiary/aromatic N) is 2. The number of hydrogen-bond donors (Lipinski definition) is 5. The predicted molar refractivity (Wildman–Crippen MR) is 189 cm³/mol. The monoisotopic (exact) mass is 732 g/mol. The van der Waals surface area contributed by atoms with Gasteiger partial charge in [0.15, 0.2) is 12.6 Å². The molecule has 3 heterocycles. The highest BCUT2D eigenvalue weighted by Gasteiger charge is 2.52. The van der Waals surface area contributed by atoms with E-state index in [-0.39, 0.29) is 31.4 Å². The van der Waals surface area contributed by atoms with Gasteiger partial charge >= 0.3 is 5.97 Å². The topological polar surface area (TPSA) is 189 Å². The number of esters is 1. The molecule has 0 bridgehead atoms. The van der Waals surface area contributed by atoms with Crippen LogP contribution in [0, 0.1) is 23.7 Å². The Labute approximate surface area is 304 Å². The molecule has 0 spiro atoms. The van der Waals surface area contributed by atoms with Crippen molar-refractivity contribution in [3.63, 3.8) is 0 Å². The molecular formula is C37H68N2O12. The Kier molecular flexibility index (Phi) is 14.9. The van der Waals surface area contributed by atoms with Crippen molar-refractivity contribution in [1.29, 1.82) is 0 Å². The number of oxime groups is 1. The quantitative estimate of drug-likeness (QED) is 0.146. The molecule has 3 saturated heterocycles. The molecule has 17 atom stereocenters. The number of carbonyl (C=O) groups is 1. The van der Waals surface area contributed by atoms with Gasteiger partial charge in [0.25, 0.3) is 0 Å². The van der Waals surface area contributed by atoms with Crippen molar-refractivity contribution < 1.29 is 58.8 Å². The van der Waals surface area contributed by atoms with E-state index in [4.69, 9.17) is 28.4 Å². The Balaban J connectivity index is 2.18. The molecule has 0 saturated carbocycles. The second-order valence-corrected chi connectivity index (χ2v) is 16.6. The smallest absolute Gasteiger partial charge is 0.311 e. The van der Waals surface area contributed by atoms with Crippen molar-refractivity contribution >= 4 is 11.7 Å². The Morgan fingerprint density at radius 3 is 2.04 bits per heavy atom. The molecule has 14 heteroatoms. The number of rotatable bonds is 7. The van der Waals surface area contributed by atoms with Gasteiger partial charge in [-0.3, -0.25) is 4.79 Å². The van der Waals surface area contributed by atoms with E-state index in [0.717, 1.165) is 0 Å². The van der Waals surface area contributed by atoms with Crippen LogP contribution >= 0.6 is 0 Å². The average molecular weight is 733 g/mol. The molecule has 2 unspecified atom stereocenters. The molecule has 3 fully saturated rings. The van der Waals surface area contributed by atoms with Crippen LogP contribution in [0.15, 0.2) is 5.16 Å². The summed E-state index contributed by atoms with van der Waals surface area (Å²) in [4.78, 5) is 16.0. The minimum Gasteiger partial charge on any atom is -0.459 e. The number of aliphatic hydroxyl groups is 4. The Morgan fingerprint density at radius 1 is 0.922 bits per heavy atom. The van der Waals surface area contributed by atoms with Crippen molar-refractivity contribution in [2.24, 2.45) is 28.8 Å². The number of aliphatic hydroxyl groups excluding tert-OH is 2. The summed E-state index contributed by atoms with van der Waals surface area (Å²) in [5.41, 5.74) is -3.81. The summed E-state index contributed by atoms with van der Waals surface area (Å²) >= 11 is 0. The van der Waals surface area contributed by atoms with Gasteiger partial charge in [0.1, 0.15) is 18.3 Å². The Morgan fingerprint density at radius 2 is 1.51 bits per heavy atom. The number of carbonyl (C=O) groups excluding carboxylic acids is 1. The third-order valence-electron chi connectivity index (χ3n) is 11.7. The van der Waals surface area contributed by atoms with E-state index in [9.17, 15) is 30.4 Å². The highest BCUT2D eigenvalue weighted by atomic mass is 16.7. The van der Waals surface area contributed by atoms with Gasteiger partial charge in [0.2, 0.25) is 0 Å². The fourth-order valence-corrected chi connectivity index (χ4v) is 8.69. The van der Waals surface area contributed by atoms with Crippen molar-refractivity contribution in [3.05, 3.63) is 0 Å². The van der Waals surface area contributed by atoms with Crippen LogP contribution in [0.25, 0.3) is 0 Å². The van der Waals surface area contributed by atoms with Gasteiger partial charge < -0.3 is 59.0 Å². The maximum atomic E-state index is 14.1. The van der Waals surface area contributed by atoms with E-state index >= 15 is 0 Å². The third-order valence-corrected chi connectivity index (χ3v) is 11.7. The average Bonchev–Trinajstić information content (AvgIpc) is 3.03. The molecule has 0 aliphatic carbocycles. The zero-order valence-corrected chi connectivity index (χ0v) is 33.1. The highest BCUT2D eigenvalue weighted by molar-refractivity contribution is 5.88. The summed E-state index contributed by atoms with van der Waals surface area (Å²) in [5.74, 6) is -3.33. The number of ether oxygens (including phenoxy) is 6. The van der Waals surface area contributed by atoms with Gasteiger partial charge in [-0.1, -0.05) is 32.9 Å². The van der Waals surface area contributed by atoms with Crippen molar-refractivity contribution in [3.8, 4) is 0 Å². The minimum atomic E-state index is -1.67. The molecule has 0 aromatic rings. The van der Waals surface area contributed by atoms with Crippen LogP contribution in [0.4, 0.5) is 0 Å². The third kappa shape index (κ3) is 10.00. The molecule has 14 nitrogen and oxygen atoms in total. The summed E-state index contributed by atoms with van der Waals surface area (Å²) in [6.07, 6.45) is -6.88. The van der Waals surface area contributed by atoms with Crippen LogP contribution in [0.3, 0.4) is 0 Å². The molecule has 298 valence electrons. The summed E-state index contributed by atoms with van der Waals surface area (Å²) in [5, 5.41) is 60.4. The van der Waals surface area contributed by atoms with E-state index in [1.807, 2.05) is 46.7 Å². The van der Waals surface area contributed by atoms with Crippen molar-refractivity contribution in [1.82, 2.24) is 4.90 Å². The maximum Gasteiger partial charge on any atom is 0.311 e. The largest absolute Gasteiger partial charge is 0.459 e. The molecule has 0 amide bonds. The first-order valence-corrected chi connectivity index (χ1v) is 18.6. The molecule has 0 radical (unpaired) electrons. The van der Waals surface area contributed by atoms with Gasteiger partial charge in [0, 0.05) is 37.3 Å². The number of cyclic esters (lactones) is 1. The second-order valence-electron chi connectivity index (χ2n) is 16.6. The lowest BCUT2D eigenvalue weighted by molar-refractivity contribution is -0.317. The molecular weight excluding hydrogens is 664 g/mol. The highest BCUT2D eigenvalue weighted by Crippen LogP contribution is 2.40. The first kappa shape index (κ1) is 43.9. The van der Waals surface area contributed by atoms with Crippen LogP contribution in [0.5, 0.6) is 0 Å². The molecule has 5 N–H and O–H groups in total. The minimum absolute atomic E-state index is 0.0526. The van der Waals surface area contributed by atoms with Crippen molar-refractivity contribution in [2.75, 3.05) is 21.2 Å². The van der Waals surface area contributed by atoms with E-state index in [1.54, 1.807) is 41.5 Å². The van der Waals surface area contributed by atoms with Gasteiger partial charge in [0.05, 0.1) is 52.8 Å². The number of methoxy groups -OCH3 is 1. The molecule has 3 rings (SSSR count). The lowest BCUT2D eigenvalue weighted by atomic mass is 9.74. The van der Waals surface area contributed by atoms with Crippen molar-refractivity contribution in [2.45, 2.75) is 179 Å². The maximum absolute atomic E-state index is 14.1. The lowest BCUT2D eigenvalue weighted by Gasteiger charge is -2.49. The van der Waals surface area contributed by atoms with Crippen LogP contribution < -0.4 is 0 Å². The van der Waals surface area contributed by atoms with Crippen LogP contribution in [0.2, 0.25) is 0 Å². The van der Waals surface area contributed by atoms with Gasteiger partial charge in [-0.15, -0.1) is 0 Å². The second kappa shape index (κ2) is 17.3. The molecule has 51 heavy (non-hydrogen) atoms.